The summed E-state index contributed by atoms with van der Waals surface area (Å²) in [5.41, 5.74) is 0.736. The number of carbonyl (C=O) groups is 1. The molecule has 0 fully saturated rings. The van der Waals surface area contributed by atoms with Gasteiger partial charge in [-0.15, -0.1) is 0 Å². The molecule has 0 aromatic carbocycles. The first-order valence-electron chi connectivity index (χ1n) is 6.96. The summed E-state index contributed by atoms with van der Waals surface area (Å²) in [4.78, 5) is 15.8. The van der Waals surface area contributed by atoms with E-state index in [1.165, 1.54) is 0 Å². The number of carbonyl (C=O) groups excluding carboxylic acids is 1. The highest BCUT2D eigenvalue weighted by Gasteiger charge is 2.16. The highest BCUT2D eigenvalue weighted by Crippen LogP contribution is 2.02. The van der Waals surface area contributed by atoms with Crippen molar-refractivity contribution in [3.8, 4) is 0 Å². The number of rotatable bonds is 6. The summed E-state index contributed by atoms with van der Waals surface area (Å²) in [6, 6.07) is 5.84. The smallest absolute Gasteiger partial charge is 0.407 e. The Bertz CT molecular complexity index is 401. The van der Waals surface area contributed by atoms with E-state index in [0.29, 0.717) is 0 Å². The maximum absolute atomic E-state index is 11.6. The molecule has 0 aliphatic carbocycles. The normalized spacial score (nSPS) is 12.8. The second kappa shape index (κ2) is 7.85. The summed E-state index contributed by atoms with van der Waals surface area (Å²) in [6.45, 7) is 9.17. The Morgan fingerprint density at radius 3 is 2.75 bits per heavy atom. The minimum Gasteiger partial charge on any atom is -0.446 e. The van der Waals surface area contributed by atoms with Gasteiger partial charge in [-0.05, 0) is 52.8 Å². The van der Waals surface area contributed by atoms with Gasteiger partial charge in [0.2, 0.25) is 0 Å². The lowest BCUT2D eigenvalue weighted by Crippen LogP contribution is -2.42. The van der Waals surface area contributed by atoms with Crippen molar-refractivity contribution in [3.63, 3.8) is 0 Å². The highest BCUT2D eigenvalue weighted by atomic mass is 16.6. The molecule has 0 saturated carbocycles. The molecule has 1 amide bonds. The van der Waals surface area contributed by atoms with E-state index in [4.69, 9.17) is 4.74 Å². The molecule has 1 heterocycles. The molecule has 0 unspecified atom stereocenters. The molecule has 1 rings (SSSR count). The van der Waals surface area contributed by atoms with Crippen LogP contribution < -0.4 is 10.6 Å². The molecule has 0 aliphatic heterocycles. The van der Waals surface area contributed by atoms with Crippen LogP contribution in [0.5, 0.6) is 0 Å². The fourth-order valence-electron chi connectivity index (χ4n) is 1.60. The third-order valence-electron chi connectivity index (χ3n) is 2.55. The number of pyridine rings is 1. The van der Waals surface area contributed by atoms with Gasteiger partial charge in [0.25, 0.3) is 0 Å². The summed E-state index contributed by atoms with van der Waals surface area (Å²) in [6.07, 6.45) is 2.06. The van der Waals surface area contributed by atoms with Gasteiger partial charge < -0.3 is 15.4 Å². The zero-order valence-electron chi connectivity index (χ0n) is 12.8. The lowest BCUT2D eigenvalue weighted by molar-refractivity contribution is 0.0956. The van der Waals surface area contributed by atoms with Gasteiger partial charge in [-0.25, -0.2) is 4.79 Å². The van der Waals surface area contributed by atoms with Crippen LogP contribution >= 0.6 is 0 Å². The standard InChI is InChI=1S/C15H25N3O2/c1-12(20-14(19)18-15(2,3)4)8-10-16-11-13-7-5-6-9-17-13/h5-7,9,12,16H,8,10-11H2,1-4H3,(H,18,19)/t12-/m0/s1. The van der Waals surface area contributed by atoms with Gasteiger partial charge in [0.1, 0.15) is 6.10 Å². The Morgan fingerprint density at radius 2 is 2.15 bits per heavy atom. The first-order valence-corrected chi connectivity index (χ1v) is 6.96. The van der Waals surface area contributed by atoms with E-state index in [-0.39, 0.29) is 17.7 Å². The molecule has 0 spiro atoms. The Balaban J connectivity index is 2.14. The summed E-state index contributed by atoms with van der Waals surface area (Å²) < 4.78 is 5.27. The largest absolute Gasteiger partial charge is 0.446 e. The Morgan fingerprint density at radius 1 is 1.40 bits per heavy atom. The second-order valence-electron chi connectivity index (χ2n) is 5.88. The molecule has 2 N–H and O–H groups in total. The van der Waals surface area contributed by atoms with E-state index < -0.39 is 0 Å². The molecule has 1 aromatic heterocycles. The maximum atomic E-state index is 11.6. The molecule has 112 valence electrons. The Labute approximate surface area is 121 Å². The number of amides is 1. The van der Waals surface area contributed by atoms with E-state index >= 15 is 0 Å². The van der Waals surface area contributed by atoms with Gasteiger partial charge in [0.05, 0.1) is 5.69 Å². The van der Waals surface area contributed by atoms with Crippen LogP contribution in [0, 0.1) is 0 Å². The first-order chi connectivity index (χ1) is 9.37. The van der Waals surface area contributed by atoms with Crippen molar-refractivity contribution in [3.05, 3.63) is 30.1 Å². The van der Waals surface area contributed by atoms with Gasteiger partial charge in [0, 0.05) is 18.3 Å². The van der Waals surface area contributed by atoms with Crippen LogP contribution in [0.4, 0.5) is 4.79 Å². The molecule has 0 radical (unpaired) electrons. The van der Waals surface area contributed by atoms with Gasteiger partial charge in [-0.1, -0.05) is 6.07 Å². The predicted octanol–water partition coefficient (Wildman–Crippen LogP) is 2.47. The van der Waals surface area contributed by atoms with E-state index in [9.17, 15) is 4.79 Å². The maximum Gasteiger partial charge on any atom is 0.407 e. The van der Waals surface area contributed by atoms with Crippen molar-refractivity contribution < 1.29 is 9.53 Å². The van der Waals surface area contributed by atoms with Gasteiger partial charge in [-0.2, -0.15) is 0 Å². The molecule has 5 nitrogen and oxygen atoms in total. The molecule has 0 aliphatic rings. The fraction of sp³-hybridized carbons (Fsp3) is 0.600. The van der Waals surface area contributed by atoms with Crippen LogP contribution in [0.25, 0.3) is 0 Å². The van der Waals surface area contributed by atoms with Crippen molar-refractivity contribution >= 4 is 6.09 Å². The van der Waals surface area contributed by atoms with Crippen LogP contribution in [0.15, 0.2) is 24.4 Å². The molecule has 1 atom stereocenters. The van der Waals surface area contributed by atoms with E-state index in [0.717, 1.165) is 25.2 Å². The quantitative estimate of drug-likeness (QED) is 0.785. The van der Waals surface area contributed by atoms with Crippen LogP contribution in [-0.2, 0) is 11.3 Å². The molecule has 20 heavy (non-hydrogen) atoms. The zero-order chi connectivity index (χ0) is 15.0. The van der Waals surface area contributed by atoms with Crippen LogP contribution in [0.3, 0.4) is 0 Å². The number of hydrogen-bond donors (Lipinski definition) is 2. The predicted molar refractivity (Wildman–Crippen MR) is 79.4 cm³/mol. The van der Waals surface area contributed by atoms with Crippen molar-refractivity contribution in [2.75, 3.05) is 6.54 Å². The molecular weight excluding hydrogens is 254 g/mol. The molecular formula is C15H25N3O2. The van der Waals surface area contributed by atoms with E-state index in [2.05, 4.69) is 15.6 Å². The van der Waals surface area contributed by atoms with Crippen molar-refractivity contribution in [1.29, 1.82) is 0 Å². The highest BCUT2D eigenvalue weighted by molar-refractivity contribution is 5.68. The third-order valence-corrected chi connectivity index (χ3v) is 2.55. The summed E-state index contributed by atoms with van der Waals surface area (Å²) in [5.74, 6) is 0. The number of alkyl carbamates (subject to hydrolysis) is 1. The van der Waals surface area contributed by atoms with Crippen molar-refractivity contribution in [2.24, 2.45) is 0 Å². The minimum atomic E-state index is -0.366. The molecule has 0 bridgehead atoms. The topological polar surface area (TPSA) is 63.3 Å². The average Bonchev–Trinajstić information content (AvgIpc) is 2.33. The molecule has 5 heteroatoms. The molecule has 0 saturated heterocycles. The average molecular weight is 279 g/mol. The number of hydrogen-bond acceptors (Lipinski definition) is 4. The minimum absolute atomic E-state index is 0.117. The summed E-state index contributed by atoms with van der Waals surface area (Å²) >= 11 is 0. The number of nitrogens with zero attached hydrogens (tertiary/aromatic N) is 1. The zero-order valence-corrected chi connectivity index (χ0v) is 12.8. The second-order valence-corrected chi connectivity index (χ2v) is 5.88. The van der Waals surface area contributed by atoms with Crippen LogP contribution in [-0.4, -0.2) is 29.3 Å². The van der Waals surface area contributed by atoms with Crippen molar-refractivity contribution in [2.45, 2.75) is 52.3 Å². The van der Waals surface area contributed by atoms with Gasteiger partial charge in [0.15, 0.2) is 0 Å². The Hall–Kier alpha value is -1.62. The van der Waals surface area contributed by atoms with E-state index in [1.807, 2.05) is 45.9 Å². The monoisotopic (exact) mass is 279 g/mol. The van der Waals surface area contributed by atoms with E-state index in [1.54, 1.807) is 6.20 Å². The first kappa shape index (κ1) is 16.4. The lowest BCUT2D eigenvalue weighted by Gasteiger charge is -2.22. The third kappa shape index (κ3) is 7.74. The fourth-order valence-corrected chi connectivity index (χ4v) is 1.60. The summed E-state index contributed by atoms with van der Waals surface area (Å²) in [5, 5.41) is 6.05. The number of aromatic nitrogens is 1. The van der Waals surface area contributed by atoms with Gasteiger partial charge >= 0.3 is 6.09 Å². The summed E-state index contributed by atoms with van der Waals surface area (Å²) in [7, 11) is 0. The van der Waals surface area contributed by atoms with Crippen LogP contribution in [0.1, 0.15) is 39.8 Å². The lowest BCUT2D eigenvalue weighted by atomic mass is 10.1. The van der Waals surface area contributed by atoms with Crippen molar-refractivity contribution in [1.82, 2.24) is 15.6 Å². The SMILES string of the molecule is C[C@@H](CCNCc1ccccn1)OC(=O)NC(C)(C)C. The number of nitrogens with one attached hydrogen (secondary N) is 2. The van der Waals surface area contributed by atoms with Crippen LogP contribution in [0.2, 0.25) is 0 Å². The number of ether oxygens (including phenoxy) is 1. The molecule has 1 aromatic rings. The van der Waals surface area contributed by atoms with Gasteiger partial charge in [-0.3, -0.25) is 4.98 Å². The Kier molecular flexibility index (Phi) is 6.45.